The summed E-state index contributed by atoms with van der Waals surface area (Å²) in [5.41, 5.74) is 2.31. The zero-order chi connectivity index (χ0) is 15.9. The van der Waals surface area contributed by atoms with Crippen LogP contribution in [0.5, 0.6) is 0 Å². The number of aryl methyl sites for hydroxylation is 1. The number of hydrogen-bond donors (Lipinski definition) is 2. The second kappa shape index (κ2) is 5.97. The Morgan fingerprint density at radius 2 is 2.23 bits per heavy atom. The summed E-state index contributed by atoms with van der Waals surface area (Å²) < 4.78 is 20.2. The number of aromatic nitrogens is 1. The molecule has 0 radical (unpaired) electrons. The third kappa shape index (κ3) is 2.75. The average molecular weight is 306 g/mol. The molecular weight excluding hydrogens is 283 g/mol. The van der Waals surface area contributed by atoms with E-state index < -0.39 is 0 Å². The van der Waals surface area contributed by atoms with Gasteiger partial charge in [0.2, 0.25) is 0 Å². The van der Waals surface area contributed by atoms with Gasteiger partial charge in [0.05, 0.1) is 6.10 Å². The van der Waals surface area contributed by atoms with E-state index in [0.29, 0.717) is 34.7 Å². The number of oxazole rings is 1. The highest BCUT2D eigenvalue weighted by molar-refractivity contribution is 5.77. The van der Waals surface area contributed by atoms with E-state index in [1.807, 2.05) is 13.8 Å². The third-order valence-electron chi connectivity index (χ3n) is 4.46. The maximum absolute atomic E-state index is 14.5. The molecule has 1 heterocycles. The Morgan fingerprint density at radius 1 is 1.45 bits per heavy atom. The van der Waals surface area contributed by atoms with Crippen molar-refractivity contribution in [2.75, 3.05) is 0 Å². The fraction of sp³-hybridized carbons (Fsp3) is 0.588. The van der Waals surface area contributed by atoms with Gasteiger partial charge in [-0.3, -0.25) is 0 Å². The van der Waals surface area contributed by atoms with Gasteiger partial charge in [0.1, 0.15) is 11.3 Å². The van der Waals surface area contributed by atoms with Gasteiger partial charge < -0.3 is 14.8 Å². The van der Waals surface area contributed by atoms with Crippen LogP contribution in [-0.2, 0) is 6.54 Å². The van der Waals surface area contributed by atoms with Crippen LogP contribution in [0, 0.1) is 12.7 Å². The second-order valence-corrected chi connectivity index (χ2v) is 6.52. The molecule has 2 aromatic rings. The molecule has 1 fully saturated rings. The van der Waals surface area contributed by atoms with Crippen molar-refractivity contribution in [1.29, 1.82) is 0 Å². The summed E-state index contributed by atoms with van der Waals surface area (Å²) in [5.74, 6) is 0.554. The molecule has 5 heteroatoms. The number of aliphatic hydroxyl groups excluding tert-OH is 1. The Morgan fingerprint density at radius 3 is 2.86 bits per heavy atom. The van der Waals surface area contributed by atoms with Gasteiger partial charge in [-0.05, 0) is 32.3 Å². The van der Waals surface area contributed by atoms with E-state index in [1.165, 1.54) is 0 Å². The maximum Gasteiger partial charge on any atom is 0.198 e. The Hall–Kier alpha value is -1.46. The Kier molecular flexibility index (Phi) is 4.19. The van der Waals surface area contributed by atoms with Crippen molar-refractivity contribution in [3.05, 3.63) is 28.9 Å². The molecular formula is C17H23FN2O2. The molecule has 1 aliphatic rings. The van der Waals surface area contributed by atoms with E-state index in [4.69, 9.17) is 4.42 Å². The zero-order valence-corrected chi connectivity index (χ0v) is 13.3. The predicted octanol–water partition coefficient (Wildman–Crippen LogP) is 3.40. The first-order chi connectivity index (χ1) is 10.5. The van der Waals surface area contributed by atoms with Gasteiger partial charge in [0, 0.05) is 29.6 Å². The first kappa shape index (κ1) is 15.4. The lowest BCUT2D eigenvalue weighted by atomic mass is 10.1. The standard InChI is InChI=1S/C17H23FN2O2/c1-9(2)17-20-13-7-11(15(18)10(3)16(13)22-17)8-19-12-5-4-6-14(12)21/h7,9,12,14,19,21H,4-6,8H2,1-3H3/t12-,14+/m0/s1. The summed E-state index contributed by atoms with van der Waals surface area (Å²) in [6.45, 7) is 6.12. The van der Waals surface area contributed by atoms with Gasteiger partial charge in [-0.1, -0.05) is 13.8 Å². The summed E-state index contributed by atoms with van der Waals surface area (Å²) in [6.07, 6.45) is 2.44. The van der Waals surface area contributed by atoms with Gasteiger partial charge in [-0.25, -0.2) is 9.37 Å². The molecule has 1 aliphatic carbocycles. The largest absolute Gasteiger partial charge is 0.440 e. The minimum atomic E-state index is -0.326. The Labute approximate surface area is 129 Å². The maximum atomic E-state index is 14.5. The van der Waals surface area contributed by atoms with Crippen molar-refractivity contribution < 1.29 is 13.9 Å². The summed E-state index contributed by atoms with van der Waals surface area (Å²) in [7, 11) is 0. The SMILES string of the molecule is Cc1c(F)c(CN[C@H]2CCC[C@H]2O)cc2nc(C(C)C)oc12. The summed E-state index contributed by atoms with van der Waals surface area (Å²) in [6, 6.07) is 1.81. The highest BCUT2D eigenvalue weighted by Crippen LogP contribution is 2.28. The van der Waals surface area contributed by atoms with Gasteiger partial charge in [0.15, 0.2) is 11.5 Å². The molecule has 22 heavy (non-hydrogen) atoms. The fourth-order valence-electron chi connectivity index (χ4n) is 3.08. The van der Waals surface area contributed by atoms with Crippen LogP contribution in [0.1, 0.15) is 56.0 Å². The summed E-state index contributed by atoms with van der Waals surface area (Å²) >= 11 is 0. The van der Waals surface area contributed by atoms with E-state index in [2.05, 4.69) is 10.3 Å². The molecule has 1 aromatic carbocycles. The average Bonchev–Trinajstić information content (AvgIpc) is 3.08. The second-order valence-electron chi connectivity index (χ2n) is 6.52. The van der Waals surface area contributed by atoms with Crippen LogP contribution < -0.4 is 5.32 Å². The lowest BCUT2D eigenvalue weighted by Crippen LogP contribution is -2.35. The molecule has 0 unspecified atom stereocenters. The van der Waals surface area contributed by atoms with E-state index in [9.17, 15) is 9.50 Å². The number of halogens is 1. The van der Waals surface area contributed by atoms with E-state index in [0.717, 1.165) is 19.3 Å². The topological polar surface area (TPSA) is 58.3 Å². The monoisotopic (exact) mass is 306 g/mol. The smallest absolute Gasteiger partial charge is 0.198 e. The lowest BCUT2D eigenvalue weighted by Gasteiger charge is -2.17. The number of rotatable bonds is 4. The summed E-state index contributed by atoms with van der Waals surface area (Å²) in [4.78, 5) is 4.46. The van der Waals surface area contributed by atoms with Crippen LogP contribution in [0.3, 0.4) is 0 Å². The molecule has 0 spiro atoms. The highest BCUT2D eigenvalue weighted by Gasteiger charge is 2.25. The molecule has 1 aromatic heterocycles. The van der Waals surface area contributed by atoms with Crippen LogP contribution >= 0.6 is 0 Å². The van der Waals surface area contributed by atoms with Crippen molar-refractivity contribution >= 4 is 11.1 Å². The van der Waals surface area contributed by atoms with E-state index in [-0.39, 0.29) is 23.9 Å². The van der Waals surface area contributed by atoms with E-state index >= 15 is 0 Å². The van der Waals surface area contributed by atoms with Crippen LogP contribution in [0.4, 0.5) is 4.39 Å². The molecule has 0 saturated heterocycles. The van der Waals surface area contributed by atoms with Gasteiger partial charge in [0.25, 0.3) is 0 Å². The molecule has 2 N–H and O–H groups in total. The number of benzene rings is 1. The van der Waals surface area contributed by atoms with Crippen LogP contribution in [0.25, 0.3) is 11.1 Å². The van der Waals surface area contributed by atoms with Crippen LogP contribution in [-0.4, -0.2) is 22.2 Å². The molecule has 120 valence electrons. The van der Waals surface area contributed by atoms with Crippen molar-refractivity contribution in [3.63, 3.8) is 0 Å². The number of aliphatic hydroxyl groups is 1. The van der Waals surface area contributed by atoms with Crippen LogP contribution in [0.2, 0.25) is 0 Å². The number of nitrogens with one attached hydrogen (secondary N) is 1. The third-order valence-corrected chi connectivity index (χ3v) is 4.46. The molecule has 4 nitrogen and oxygen atoms in total. The molecule has 3 rings (SSSR count). The predicted molar refractivity (Wildman–Crippen MR) is 83.3 cm³/mol. The van der Waals surface area contributed by atoms with Crippen molar-refractivity contribution in [2.24, 2.45) is 0 Å². The molecule has 0 amide bonds. The molecule has 0 bridgehead atoms. The lowest BCUT2D eigenvalue weighted by molar-refractivity contribution is 0.148. The van der Waals surface area contributed by atoms with Crippen LogP contribution in [0.15, 0.2) is 10.5 Å². The molecule has 0 aliphatic heterocycles. The summed E-state index contributed by atoms with van der Waals surface area (Å²) in [5, 5.41) is 13.1. The zero-order valence-electron chi connectivity index (χ0n) is 13.3. The first-order valence-corrected chi connectivity index (χ1v) is 7.97. The highest BCUT2D eigenvalue weighted by atomic mass is 19.1. The quantitative estimate of drug-likeness (QED) is 0.909. The van der Waals surface area contributed by atoms with Crippen molar-refractivity contribution in [3.8, 4) is 0 Å². The van der Waals surface area contributed by atoms with Gasteiger partial charge in [-0.15, -0.1) is 0 Å². The molecule has 1 saturated carbocycles. The van der Waals surface area contributed by atoms with E-state index in [1.54, 1.807) is 13.0 Å². The Bertz CT molecular complexity index is 681. The van der Waals surface area contributed by atoms with Crippen molar-refractivity contribution in [2.45, 2.75) is 64.6 Å². The van der Waals surface area contributed by atoms with Gasteiger partial charge >= 0.3 is 0 Å². The van der Waals surface area contributed by atoms with Crippen molar-refractivity contribution in [1.82, 2.24) is 10.3 Å². The minimum absolute atomic E-state index is 0.0546. The van der Waals surface area contributed by atoms with Gasteiger partial charge in [-0.2, -0.15) is 0 Å². The number of nitrogens with zero attached hydrogens (tertiary/aromatic N) is 1. The first-order valence-electron chi connectivity index (χ1n) is 7.97. The minimum Gasteiger partial charge on any atom is -0.440 e. The Balaban J connectivity index is 1.87. The fourth-order valence-corrected chi connectivity index (χ4v) is 3.08. The molecule has 2 atom stereocenters. The number of hydrogen-bond acceptors (Lipinski definition) is 4. The normalized spacial score (nSPS) is 22.1. The number of fused-ring (bicyclic) bond motifs is 1.